The Morgan fingerprint density at radius 1 is 1.43 bits per heavy atom. The first kappa shape index (κ1) is 16.0. The Labute approximate surface area is 130 Å². The summed E-state index contributed by atoms with van der Waals surface area (Å²) in [5.74, 6) is 0.503. The summed E-state index contributed by atoms with van der Waals surface area (Å²) in [7, 11) is 0. The Morgan fingerprint density at radius 3 is 2.71 bits per heavy atom. The fourth-order valence-corrected chi connectivity index (χ4v) is 3.58. The molecule has 1 aliphatic heterocycles. The maximum absolute atomic E-state index is 12.5. The molecule has 2 heterocycles. The van der Waals surface area contributed by atoms with Crippen LogP contribution in [0.15, 0.2) is 16.8 Å². The molecule has 0 spiro atoms. The van der Waals surface area contributed by atoms with Crippen molar-refractivity contribution in [3.63, 3.8) is 0 Å². The minimum atomic E-state index is -0.338. The van der Waals surface area contributed by atoms with Crippen LogP contribution >= 0.6 is 11.3 Å². The predicted octanol–water partition coefficient (Wildman–Crippen LogP) is 2.61. The van der Waals surface area contributed by atoms with Gasteiger partial charge in [-0.25, -0.2) is 0 Å². The zero-order valence-electron chi connectivity index (χ0n) is 13.0. The van der Waals surface area contributed by atoms with Gasteiger partial charge in [-0.15, -0.1) is 0 Å². The summed E-state index contributed by atoms with van der Waals surface area (Å²) < 4.78 is 0. The zero-order chi connectivity index (χ0) is 15.4. The topological polar surface area (TPSA) is 49.4 Å². The molecule has 116 valence electrons. The van der Waals surface area contributed by atoms with Crippen molar-refractivity contribution in [3.05, 3.63) is 22.4 Å². The van der Waals surface area contributed by atoms with Crippen LogP contribution in [0, 0.1) is 5.92 Å². The maximum Gasteiger partial charge on any atom is 0.243 e. The number of nitrogens with one attached hydrogen (secondary N) is 1. The number of thiophene rings is 1. The molecule has 1 fully saturated rings. The van der Waals surface area contributed by atoms with Crippen LogP contribution in [0.1, 0.15) is 45.1 Å². The van der Waals surface area contributed by atoms with E-state index in [-0.39, 0.29) is 23.8 Å². The summed E-state index contributed by atoms with van der Waals surface area (Å²) >= 11 is 1.67. The van der Waals surface area contributed by atoms with Gasteiger partial charge in [0.25, 0.3) is 0 Å². The van der Waals surface area contributed by atoms with Crippen LogP contribution in [-0.2, 0) is 9.59 Å². The number of carbonyl (C=O) groups excluding carboxylic acids is 2. The van der Waals surface area contributed by atoms with E-state index in [2.05, 4.69) is 23.7 Å². The van der Waals surface area contributed by atoms with Crippen molar-refractivity contribution in [1.82, 2.24) is 10.2 Å². The number of nitrogens with zero attached hydrogens (tertiary/aromatic N) is 1. The SMILES string of the molecule is CC(C)[C@@H](C(=O)NC[C@@H](C)c1ccsc1)N1CCCC1=O. The van der Waals surface area contributed by atoms with Gasteiger partial charge < -0.3 is 10.2 Å². The summed E-state index contributed by atoms with van der Waals surface area (Å²) in [6.07, 6.45) is 1.43. The summed E-state index contributed by atoms with van der Waals surface area (Å²) in [5.41, 5.74) is 1.25. The lowest BCUT2D eigenvalue weighted by Gasteiger charge is -2.30. The van der Waals surface area contributed by atoms with Gasteiger partial charge in [0.1, 0.15) is 6.04 Å². The molecule has 21 heavy (non-hydrogen) atoms. The molecule has 0 bridgehead atoms. The minimum Gasteiger partial charge on any atom is -0.354 e. The van der Waals surface area contributed by atoms with Gasteiger partial charge in [-0.1, -0.05) is 20.8 Å². The van der Waals surface area contributed by atoms with E-state index < -0.39 is 0 Å². The van der Waals surface area contributed by atoms with Gasteiger partial charge in [-0.2, -0.15) is 11.3 Å². The second-order valence-electron chi connectivity index (χ2n) is 6.08. The average molecular weight is 308 g/mol. The molecule has 5 heteroatoms. The Morgan fingerprint density at radius 2 is 2.19 bits per heavy atom. The van der Waals surface area contributed by atoms with Crippen molar-refractivity contribution in [1.29, 1.82) is 0 Å². The normalized spacial score (nSPS) is 18.1. The van der Waals surface area contributed by atoms with Crippen LogP contribution in [0.3, 0.4) is 0 Å². The van der Waals surface area contributed by atoms with E-state index in [1.54, 1.807) is 16.2 Å². The van der Waals surface area contributed by atoms with Gasteiger partial charge in [0.15, 0.2) is 0 Å². The molecule has 2 amide bonds. The first-order chi connectivity index (χ1) is 10.0. The molecule has 0 aromatic carbocycles. The van der Waals surface area contributed by atoms with Gasteiger partial charge in [0.05, 0.1) is 0 Å². The minimum absolute atomic E-state index is 0.0256. The molecule has 0 unspecified atom stereocenters. The predicted molar refractivity (Wildman–Crippen MR) is 85.3 cm³/mol. The largest absolute Gasteiger partial charge is 0.354 e. The third-order valence-electron chi connectivity index (χ3n) is 4.04. The summed E-state index contributed by atoms with van der Waals surface area (Å²) in [6.45, 7) is 7.42. The number of hydrogen-bond donors (Lipinski definition) is 1. The average Bonchev–Trinajstić information content (AvgIpc) is 3.08. The summed E-state index contributed by atoms with van der Waals surface area (Å²) in [5, 5.41) is 7.18. The number of hydrogen-bond acceptors (Lipinski definition) is 3. The standard InChI is InChI=1S/C16H24N2O2S/c1-11(2)15(18-7-4-5-14(18)19)16(20)17-9-12(3)13-6-8-21-10-13/h6,8,10-12,15H,4-5,7,9H2,1-3H3,(H,17,20)/t12-,15+/m1/s1. The Kier molecular flexibility index (Phi) is 5.39. The highest BCUT2D eigenvalue weighted by Gasteiger charge is 2.34. The highest BCUT2D eigenvalue weighted by Crippen LogP contribution is 2.20. The van der Waals surface area contributed by atoms with E-state index in [9.17, 15) is 9.59 Å². The van der Waals surface area contributed by atoms with Crippen LogP contribution in [0.4, 0.5) is 0 Å². The third kappa shape index (κ3) is 3.84. The van der Waals surface area contributed by atoms with E-state index in [1.807, 2.05) is 19.2 Å². The van der Waals surface area contributed by atoms with E-state index in [1.165, 1.54) is 5.56 Å². The second kappa shape index (κ2) is 7.07. The van der Waals surface area contributed by atoms with Gasteiger partial charge >= 0.3 is 0 Å². The summed E-state index contributed by atoms with van der Waals surface area (Å²) in [4.78, 5) is 26.1. The molecule has 2 rings (SSSR count). The number of carbonyl (C=O) groups is 2. The Hall–Kier alpha value is -1.36. The van der Waals surface area contributed by atoms with Crippen molar-refractivity contribution in [2.24, 2.45) is 5.92 Å². The van der Waals surface area contributed by atoms with Gasteiger partial charge in [-0.3, -0.25) is 9.59 Å². The van der Waals surface area contributed by atoms with E-state index in [4.69, 9.17) is 0 Å². The lowest BCUT2D eigenvalue weighted by molar-refractivity contribution is -0.139. The molecular weight excluding hydrogens is 284 g/mol. The molecule has 1 aromatic heterocycles. The van der Waals surface area contributed by atoms with Gasteiger partial charge in [0, 0.05) is 19.5 Å². The van der Waals surface area contributed by atoms with E-state index in [0.717, 1.165) is 6.42 Å². The molecule has 0 saturated carbocycles. The van der Waals surface area contributed by atoms with Gasteiger partial charge in [-0.05, 0) is 40.6 Å². The lowest BCUT2D eigenvalue weighted by Crippen LogP contribution is -2.50. The quantitative estimate of drug-likeness (QED) is 0.878. The highest BCUT2D eigenvalue weighted by atomic mass is 32.1. The van der Waals surface area contributed by atoms with Crippen LogP contribution < -0.4 is 5.32 Å². The Bertz CT molecular complexity index is 484. The smallest absolute Gasteiger partial charge is 0.243 e. The molecule has 1 aliphatic rings. The highest BCUT2D eigenvalue weighted by molar-refractivity contribution is 7.07. The first-order valence-corrected chi connectivity index (χ1v) is 8.54. The van der Waals surface area contributed by atoms with Crippen molar-refractivity contribution in [2.45, 2.75) is 45.6 Å². The fourth-order valence-electron chi connectivity index (χ4n) is 2.80. The van der Waals surface area contributed by atoms with Crippen LogP contribution in [0.2, 0.25) is 0 Å². The van der Waals surface area contributed by atoms with E-state index in [0.29, 0.717) is 25.4 Å². The molecule has 0 radical (unpaired) electrons. The lowest BCUT2D eigenvalue weighted by atomic mass is 10.0. The third-order valence-corrected chi connectivity index (χ3v) is 4.74. The van der Waals surface area contributed by atoms with E-state index >= 15 is 0 Å². The van der Waals surface area contributed by atoms with Crippen LogP contribution in [0.25, 0.3) is 0 Å². The van der Waals surface area contributed by atoms with Crippen LogP contribution in [0.5, 0.6) is 0 Å². The maximum atomic E-state index is 12.5. The first-order valence-electron chi connectivity index (χ1n) is 7.60. The molecule has 2 atom stereocenters. The van der Waals surface area contributed by atoms with Crippen molar-refractivity contribution >= 4 is 23.2 Å². The number of rotatable bonds is 6. The number of likely N-dealkylation sites (tertiary alicyclic amines) is 1. The molecule has 1 N–H and O–H groups in total. The van der Waals surface area contributed by atoms with Crippen molar-refractivity contribution in [2.75, 3.05) is 13.1 Å². The second-order valence-corrected chi connectivity index (χ2v) is 6.86. The fraction of sp³-hybridized carbons (Fsp3) is 0.625. The molecule has 0 aliphatic carbocycles. The molecule has 4 nitrogen and oxygen atoms in total. The molecular formula is C16H24N2O2S. The molecule has 1 aromatic rings. The van der Waals surface area contributed by atoms with Crippen molar-refractivity contribution < 1.29 is 9.59 Å². The number of amides is 2. The molecule has 1 saturated heterocycles. The zero-order valence-corrected chi connectivity index (χ0v) is 13.8. The van der Waals surface area contributed by atoms with Gasteiger partial charge in [0.2, 0.25) is 11.8 Å². The van der Waals surface area contributed by atoms with Crippen molar-refractivity contribution in [3.8, 4) is 0 Å². The monoisotopic (exact) mass is 308 g/mol. The Balaban J connectivity index is 1.94. The van der Waals surface area contributed by atoms with Crippen LogP contribution in [-0.4, -0.2) is 35.8 Å². The summed E-state index contributed by atoms with van der Waals surface area (Å²) in [6, 6.07) is 1.75.